The molecular weight excluding hydrogens is 438 g/mol. The summed E-state index contributed by atoms with van der Waals surface area (Å²) in [7, 11) is -3.71. The van der Waals surface area contributed by atoms with E-state index in [1.54, 1.807) is 36.4 Å². The number of oxazole rings is 1. The van der Waals surface area contributed by atoms with Crippen molar-refractivity contribution in [3.05, 3.63) is 71.6 Å². The smallest absolute Gasteiger partial charge is 0.251 e. The molecule has 1 aromatic heterocycles. The predicted octanol–water partition coefficient (Wildman–Crippen LogP) is 3.97. The molecule has 7 nitrogen and oxygen atoms in total. The van der Waals surface area contributed by atoms with Crippen molar-refractivity contribution in [3.63, 3.8) is 0 Å². The number of fused-ring (bicyclic) bond motifs is 1. The molecule has 2 heterocycles. The number of piperidine rings is 1. The van der Waals surface area contributed by atoms with E-state index in [1.165, 1.54) is 16.4 Å². The van der Waals surface area contributed by atoms with Crippen molar-refractivity contribution < 1.29 is 17.6 Å². The Hall–Kier alpha value is -2.68. The Morgan fingerprint density at radius 2 is 2.03 bits per heavy atom. The van der Waals surface area contributed by atoms with Crippen molar-refractivity contribution in [1.82, 2.24) is 14.6 Å². The number of carbonyl (C=O) groups excluding carboxylic acids is 1. The highest BCUT2D eigenvalue weighted by molar-refractivity contribution is 7.89. The van der Waals surface area contributed by atoms with Gasteiger partial charge in [-0.2, -0.15) is 4.31 Å². The molecule has 1 amide bonds. The summed E-state index contributed by atoms with van der Waals surface area (Å²) in [6.45, 7) is 4.56. The highest BCUT2D eigenvalue weighted by Gasteiger charge is 2.32. The minimum absolute atomic E-state index is 0.0358. The molecule has 0 aliphatic carbocycles. The van der Waals surface area contributed by atoms with Gasteiger partial charge in [-0.15, -0.1) is 6.58 Å². The molecule has 1 N–H and O–H groups in total. The molecule has 4 rings (SSSR count). The number of benzene rings is 2. The number of hydrogen-bond donors (Lipinski definition) is 1. The summed E-state index contributed by atoms with van der Waals surface area (Å²) in [5, 5.41) is 3.25. The van der Waals surface area contributed by atoms with E-state index in [1.807, 2.05) is 0 Å². The van der Waals surface area contributed by atoms with Gasteiger partial charge in [0.15, 0.2) is 11.5 Å². The van der Waals surface area contributed by atoms with Gasteiger partial charge in [-0.3, -0.25) is 4.79 Å². The van der Waals surface area contributed by atoms with Crippen LogP contribution in [0.1, 0.15) is 35.0 Å². The second-order valence-corrected chi connectivity index (χ2v) is 9.74. The second-order valence-electron chi connectivity index (χ2n) is 7.37. The molecule has 1 saturated heterocycles. The average Bonchev–Trinajstić information content (AvgIpc) is 3.21. The van der Waals surface area contributed by atoms with Crippen LogP contribution < -0.4 is 5.32 Å². The lowest BCUT2D eigenvalue weighted by molar-refractivity contribution is 0.0958. The normalized spacial score (nSPS) is 15.8. The third-order valence-electron chi connectivity index (χ3n) is 5.31. The first-order valence-corrected chi connectivity index (χ1v) is 11.8. The zero-order chi connectivity index (χ0) is 22.0. The summed E-state index contributed by atoms with van der Waals surface area (Å²) < 4.78 is 33.5. The van der Waals surface area contributed by atoms with Crippen LogP contribution in [0, 0.1) is 0 Å². The van der Waals surface area contributed by atoms with E-state index in [2.05, 4.69) is 16.9 Å². The van der Waals surface area contributed by atoms with Crippen molar-refractivity contribution >= 4 is 38.6 Å². The first-order chi connectivity index (χ1) is 14.9. The van der Waals surface area contributed by atoms with E-state index in [4.69, 9.17) is 16.0 Å². The maximum atomic E-state index is 13.1. The Balaban J connectivity index is 1.47. The van der Waals surface area contributed by atoms with Gasteiger partial charge < -0.3 is 9.73 Å². The molecule has 162 valence electrons. The fourth-order valence-electron chi connectivity index (χ4n) is 3.65. The Labute approximate surface area is 185 Å². The zero-order valence-electron chi connectivity index (χ0n) is 16.8. The molecule has 31 heavy (non-hydrogen) atoms. The van der Waals surface area contributed by atoms with Crippen molar-refractivity contribution in [2.45, 2.75) is 23.7 Å². The number of sulfonamides is 1. The summed E-state index contributed by atoms with van der Waals surface area (Å²) in [6.07, 6.45) is 2.76. The molecule has 1 fully saturated rings. The molecule has 9 heteroatoms. The monoisotopic (exact) mass is 459 g/mol. The van der Waals surface area contributed by atoms with Crippen LogP contribution >= 0.6 is 11.6 Å². The van der Waals surface area contributed by atoms with Gasteiger partial charge in [0.05, 0.1) is 4.90 Å². The largest absolute Gasteiger partial charge is 0.440 e. The van der Waals surface area contributed by atoms with E-state index in [0.717, 1.165) is 0 Å². The number of amides is 1. The van der Waals surface area contributed by atoms with Crippen LogP contribution in [0.4, 0.5) is 0 Å². The SMILES string of the molecule is C=CCNC(=O)c1cccc(S(=O)(=O)N2CCC(c3nc4cc(Cl)ccc4o3)CC2)c1. The lowest BCUT2D eigenvalue weighted by atomic mass is 9.98. The van der Waals surface area contributed by atoms with E-state index in [0.29, 0.717) is 60.1 Å². The van der Waals surface area contributed by atoms with Crippen LogP contribution in [0.2, 0.25) is 5.02 Å². The van der Waals surface area contributed by atoms with Gasteiger partial charge in [-0.05, 0) is 49.2 Å². The third-order valence-corrected chi connectivity index (χ3v) is 7.44. The van der Waals surface area contributed by atoms with Crippen molar-refractivity contribution in [3.8, 4) is 0 Å². The van der Waals surface area contributed by atoms with Gasteiger partial charge in [0, 0.05) is 36.1 Å². The van der Waals surface area contributed by atoms with E-state index < -0.39 is 10.0 Å². The number of halogens is 1. The van der Waals surface area contributed by atoms with Gasteiger partial charge in [-0.1, -0.05) is 23.7 Å². The Morgan fingerprint density at radius 3 is 2.77 bits per heavy atom. The van der Waals surface area contributed by atoms with Gasteiger partial charge in [0.25, 0.3) is 5.91 Å². The minimum atomic E-state index is -3.71. The molecule has 0 radical (unpaired) electrons. The number of nitrogens with zero attached hydrogens (tertiary/aromatic N) is 2. The van der Waals surface area contributed by atoms with Gasteiger partial charge in [-0.25, -0.2) is 13.4 Å². The van der Waals surface area contributed by atoms with Crippen LogP contribution in [0.5, 0.6) is 0 Å². The quantitative estimate of drug-likeness (QED) is 0.563. The number of hydrogen-bond acceptors (Lipinski definition) is 5. The molecule has 0 bridgehead atoms. The fourth-order valence-corrected chi connectivity index (χ4v) is 5.33. The molecule has 0 spiro atoms. The fraction of sp³-hybridized carbons (Fsp3) is 0.273. The highest BCUT2D eigenvalue weighted by atomic mass is 35.5. The topological polar surface area (TPSA) is 92.5 Å². The highest BCUT2D eigenvalue weighted by Crippen LogP contribution is 2.32. The molecule has 2 aromatic carbocycles. The Kier molecular flexibility index (Phi) is 6.13. The Morgan fingerprint density at radius 1 is 1.26 bits per heavy atom. The number of aromatic nitrogens is 1. The van der Waals surface area contributed by atoms with Crippen LogP contribution in [0.15, 0.2) is 64.4 Å². The summed E-state index contributed by atoms with van der Waals surface area (Å²) in [4.78, 5) is 16.8. The summed E-state index contributed by atoms with van der Waals surface area (Å²) >= 11 is 6.01. The van der Waals surface area contributed by atoms with Gasteiger partial charge in [0.1, 0.15) is 5.52 Å². The second kappa shape index (κ2) is 8.82. The average molecular weight is 460 g/mol. The standard InChI is InChI=1S/C22H22ClN3O4S/c1-2-10-24-21(27)16-4-3-5-18(13-16)31(28,29)26-11-8-15(9-12-26)22-25-19-14-17(23)6-7-20(19)30-22/h2-7,13-15H,1,8-12H2,(H,24,27). The van der Waals surface area contributed by atoms with Gasteiger partial charge in [0.2, 0.25) is 10.0 Å². The van der Waals surface area contributed by atoms with Crippen LogP contribution in [0.25, 0.3) is 11.1 Å². The van der Waals surface area contributed by atoms with Crippen LogP contribution in [-0.4, -0.2) is 43.2 Å². The molecule has 1 aliphatic rings. The van der Waals surface area contributed by atoms with E-state index in [9.17, 15) is 13.2 Å². The maximum Gasteiger partial charge on any atom is 0.251 e. The van der Waals surface area contributed by atoms with Crippen LogP contribution in [-0.2, 0) is 10.0 Å². The molecular formula is C22H22ClN3O4S. The van der Waals surface area contributed by atoms with Crippen LogP contribution in [0.3, 0.4) is 0 Å². The molecule has 3 aromatic rings. The zero-order valence-corrected chi connectivity index (χ0v) is 18.3. The molecule has 0 atom stereocenters. The lowest BCUT2D eigenvalue weighted by Gasteiger charge is -2.29. The lowest BCUT2D eigenvalue weighted by Crippen LogP contribution is -2.38. The minimum Gasteiger partial charge on any atom is -0.440 e. The number of carbonyl (C=O) groups is 1. The van der Waals surface area contributed by atoms with E-state index in [-0.39, 0.29) is 16.7 Å². The number of rotatable bonds is 6. The first kappa shape index (κ1) is 21.5. The molecule has 1 aliphatic heterocycles. The summed E-state index contributed by atoms with van der Waals surface area (Å²) in [5.41, 5.74) is 1.66. The predicted molar refractivity (Wildman–Crippen MR) is 119 cm³/mol. The Bertz CT molecular complexity index is 1230. The molecule has 0 saturated carbocycles. The first-order valence-electron chi connectivity index (χ1n) is 9.94. The maximum absolute atomic E-state index is 13.1. The number of nitrogens with one attached hydrogen (secondary N) is 1. The van der Waals surface area contributed by atoms with E-state index >= 15 is 0 Å². The van der Waals surface area contributed by atoms with Crippen molar-refractivity contribution in [2.75, 3.05) is 19.6 Å². The van der Waals surface area contributed by atoms with Crippen molar-refractivity contribution in [2.24, 2.45) is 0 Å². The van der Waals surface area contributed by atoms with Crippen molar-refractivity contribution in [1.29, 1.82) is 0 Å². The van der Waals surface area contributed by atoms with Gasteiger partial charge >= 0.3 is 0 Å². The molecule has 0 unspecified atom stereocenters. The third kappa shape index (κ3) is 4.51. The summed E-state index contributed by atoms with van der Waals surface area (Å²) in [5.74, 6) is 0.301. The summed E-state index contributed by atoms with van der Waals surface area (Å²) in [6, 6.07) is 11.4.